The van der Waals surface area contributed by atoms with Crippen LogP contribution in [0.2, 0.25) is 0 Å². The molecule has 0 aliphatic carbocycles. The van der Waals surface area contributed by atoms with Crippen LogP contribution in [-0.2, 0) is 14.3 Å². The average molecular weight is 280 g/mol. The number of rotatable bonds is 8. The largest absolute Gasteiger partial charge is 0.462 e. The predicted octanol–water partition coefficient (Wildman–Crippen LogP) is 1.04. The van der Waals surface area contributed by atoms with Crippen molar-refractivity contribution in [2.75, 3.05) is 38.7 Å². The van der Waals surface area contributed by atoms with Gasteiger partial charge in [0, 0.05) is 19.3 Å². The summed E-state index contributed by atoms with van der Waals surface area (Å²) in [6.45, 7) is 3.40. The Morgan fingerprint density at radius 1 is 1.30 bits per heavy atom. The molecule has 0 saturated carbocycles. The van der Waals surface area contributed by atoms with Crippen molar-refractivity contribution >= 4 is 17.6 Å². The molecule has 1 aromatic carbocycles. The van der Waals surface area contributed by atoms with Gasteiger partial charge in [-0.05, 0) is 25.1 Å². The SMILES string of the molecule is CCOC(=O)c1cccc(NC(=O)CNCCOC)c1. The third-order valence-electron chi connectivity index (χ3n) is 2.43. The summed E-state index contributed by atoms with van der Waals surface area (Å²) in [5.41, 5.74) is 0.978. The Kier molecular flexibility index (Phi) is 7.31. The van der Waals surface area contributed by atoms with Crippen molar-refractivity contribution in [1.82, 2.24) is 5.32 Å². The molecule has 2 N–H and O–H groups in total. The normalized spacial score (nSPS) is 10.1. The number of hydrogen-bond donors (Lipinski definition) is 2. The highest BCUT2D eigenvalue weighted by Crippen LogP contribution is 2.11. The van der Waals surface area contributed by atoms with Crippen LogP contribution in [-0.4, -0.2) is 45.3 Å². The van der Waals surface area contributed by atoms with Crippen LogP contribution in [0.1, 0.15) is 17.3 Å². The molecule has 20 heavy (non-hydrogen) atoms. The second-order valence-corrected chi connectivity index (χ2v) is 4.02. The summed E-state index contributed by atoms with van der Waals surface area (Å²) in [6, 6.07) is 6.64. The van der Waals surface area contributed by atoms with Crippen LogP contribution in [0, 0.1) is 0 Å². The highest BCUT2D eigenvalue weighted by atomic mass is 16.5. The molecule has 6 heteroatoms. The Balaban J connectivity index is 2.49. The van der Waals surface area contributed by atoms with Gasteiger partial charge >= 0.3 is 5.97 Å². The number of anilines is 1. The van der Waals surface area contributed by atoms with E-state index in [9.17, 15) is 9.59 Å². The summed E-state index contributed by atoms with van der Waals surface area (Å²) >= 11 is 0. The van der Waals surface area contributed by atoms with Gasteiger partial charge in [0.1, 0.15) is 0 Å². The van der Waals surface area contributed by atoms with Gasteiger partial charge in [-0.2, -0.15) is 0 Å². The fourth-order valence-electron chi connectivity index (χ4n) is 1.52. The summed E-state index contributed by atoms with van der Waals surface area (Å²) in [7, 11) is 1.60. The zero-order valence-corrected chi connectivity index (χ0v) is 11.8. The fourth-order valence-corrected chi connectivity index (χ4v) is 1.52. The van der Waals surface area contributed by atoms with E-state index in [1.54, 1.807) is 38.3 Å². The average Bonchev–Trinajstić information content (AvgIpc) is 2.44. The first-order chi connectivity index (χ1) is 9.67. The minimum atomic E-state index is -0.401. The number of nitrogens with one attached hydrogen (secondary N) is 2. The third kappa shape index (κ3) is 5.81. The maximum absolute atomic E-state index is 11.7. The Bertz CT molecular complexity index is 449. The van der Waals surface area contributed by atoms with E-state index in [4.69, 9.17) is 9.47 Å². The number of benzene rings is 1. The van der Waals surface area contributed by atoms with Gasteiger partial charge in [-0.1, -0.05) is 6.07 Å². The molecule has 0 aromatic heterocycles. The quantitative estimate of drug-likeness (QED) is 0.549. The highest BCUT2D eigenvalue weighted by molar-refractivity contribution is 5.95. The molecular weight excluding hydrogens is 260 g/mol. The standard InChI is InChI=1S/C14H20N2O4/c1-3-20-14(18)11-5-4-6-12(9-11)16-13(17)10-15-7-8-19-2/h4-6,9,15H,3,7-8,10H2,1-2H3,(H,16,17). The van der Waals surface area contributed by atoms with Crippen LogP contribution in [0.4, 0.5) is 5.69 Å². The Morgan fingerprint density at radius 3 is 2.80 bits per heavy atom. The van der Waals surface area contributed by atoms with E-state index in [0.717, 1.165) is 0 Å². The molecule has 1 rings (SSSR count). The molecular formula is C14H20N2O4. The second kappa shape index (κ2) is 9.06. The fraction of sp³-hybridized carbons (Fsp3) is 0.429. The highest BCUT2D eigenvalue weighted by Gasteiger charge is 2.08. The zero-order chi connectivity index (χ0) is 14.8. The summed E-state index contributed by atoms with van der Waals surface area (Å²) in [6.07, 6.45) is 0. The van der Waals surface area contributed by atoms with Gasteiger partial charge in [-0.3, -0.25) is 4.79 Å². The number of carbonyl (C=O) groups is 2. The number of hydrogen-bond acceptors (Lipinski definition) is 5. The van der Waals surface area contributed by atoms with Crippen molar-refractivity contribution in [2.45, 2.75) is 6.92 Å². The third-order valence-corrected chi connectivity index (χ3v) is 2.43. The number of methoxy groups -OCH3 is 1. The number of carbonyl (C=O) groups excluding carboxylic acids is 2. The van der Waals surface area contributed by atoms with Crippen LogP contribution in [0.5, 0.6) is 0 Å². The molecule has 0 heterocycles. The molecule has 0 fully saturated rings. The summed E-state index contributed by atoms with van der Waals surface area (Å²) in [5, 5.41) is 5.64. The molecule has 0 unspecified atom stereocenters. The van der Waals surface area contributed by atoms with Gasteiger partial charge in [-0.25, -0.2) is 4.79 Å². The monoisotopic (exact) mass is 280 g/mol. The molecule has 1 amide bonds. The van der Waals surface area contributed by atoms with Crippen molar-refractivity contribution in [3.05, 3.63) is 29.8 Å². The van der Waals surface area contributed by atoms with Crippen LogP contribution in [0.15, 0.2) is 24.3 Å². The molecule has 0 spiro atoms. The topological polar surface area (TPSA) is 76.7 Å². The Morgan fingerprint density at radius 2 is 2.10 bits per heavy atom. The van der Waals surface area contributed by atoms with E-state index in [2.05, 4.69) is 10.6 Å². The summed E-state index contributed by atoms with van der Waals surface area (Å²) in [5.74, 6) is -0.580. The lowest BCUT2D eigenvalue weighted by Gasteiger charge is -2.08. The first-order valence-electron chi connectivity index (χ1n) is 6.44. The molecule has 1 aromatic rings. The van der Waals surface area contributed by atoms with E-state index in [1.165, 1.54) is 0 Å². The molecule has 0 saturated heterocycles. The van der Waals surface area contributed by atoms with Gasteiger partial charge in [0.2, 0.25) is 5.91 Å². The van der Waals surface area contributed by atoms with Gasteiger partial charge in [0.25, 0.3) is 0 Å². The minimum Gasteiger partial charge on any atom is -0.462 e. The maximum atomic E-state index is 11.7. The lowest BCUT2D eigenvalue weighted by molar-refractivity contribution is -0.115. The first-order valence-corrected chi connectivity index (χ1v) is 6.44. The predicted molar refractivity (Wildman–Crippen MR) is 75.8 cm³/mol. The van der Waals surface area contributed by atoms with Crippen LogP contribution in [0.25, 0.3) is 0 Å². The van der Waals surface area contributed by atoms with Crippen LogP contribution in [0.3, 0.4) is 0 Å². The van der Waals surface area contributed by atoms with Crippen molar-refractivity contribution in [2.24, 2.45) is 0 Å². The van der Waals surface area contributed by atoms with E-state index >= 15 is 0 Å². The van der Waals surface area contributed by atoms with E-state index in [-0.39, 0.29) is 12.5 Å². The molecule has 0 atom stereocenters. The molecule has 0 aliphatic heterocycles. The molecule has 6 nitrogen and oxygen atoms in total. The number of esters is 1. The summed E-state index contributed by atoms with van der Waals surface area (Å²) in [4.78, 5) is 23.2. The lowest BCUT2D eigenvalue weighted by Crippen LogP contribution is -2.30. The number of amides is 1. The first kappa shape index (κ1) is 16.1. The number of ether oxygens (including phenoxy) is 2. The van der Waals surface area contributed by atoms with Gasteiger partial charge in [-0.15, -0.1) is 0 Å². The van der Waals surface area contributed by atoms with Gasteiger partial charge < -0.3 is 20.1 Å². The van der Waals surface area contributed by atoms with Crippen molar-refractivity contribution in [3.8, 4) is 0 Å². The second-order valence-electron chi connectivity index (χ2n) is 4.02. The summed E-state index contributed by atoms with van der Waals surface area (Å²) < 4.78 is 9.76. The molecule has 0 radical (unpaired) electrons. The van der Waals surface area contributed by atoms with Gasteiger partial charge in [0.05, 0.1) is 25.3 Å². The Hall–Kier alpha value is -1.92. The molecule has 0 aliphatic rings. The van der Waals surface area contributed by atoms with Crippen LogP contribution < -0.4 is 10.6 Å². The van der Waals surface area contributed by atoms with Crippen molar-refractivity contribution in [3.63, 3.8) is 0 Å². The van der Waals surface area contributed by atoms with E-state index in [0.29, 0.717) is 31.0 Å². The minimum absolute atomic E-state index is 0.179. The maximum Gasteiger partial charge on any atom is 0.338 e. The Labute approximate surface area is 118 Å². The van der Waals surface area contributed by atoms with Gasteiger partial charge in [0.15, 0.2) is 0 Å². The van der Waals surface area contributed by atoms with Crippen LogP contribution >= 0.6 is 0 Å². The smallest absolute Gasteiger partial charge is 0.338 e. The van der Waals surface area contributed by atoms with E-state index < -0.39 is 5.97 Å². The lowest BCUT2D eigenvalue weighted by atomic mass is 10.2. The zero-order valence-electron chi connectivity index (χ0n) is 11.8. The molecule has 0 bridgehead atoms. The van der Waals surface area contributed by atoms with Crippen molar-refractivity contribution < 1.29 is 19.1 Å². The van der Waals surface area contributed by atoms with Crippen molar-refractivity contribution in [1.29, 1.82) is 0 Å². The van der Waals surface area contributed by atoms with E-state index in [1.807, 2.05) is 0 Å². The molecule has 110 valence electrons.